The van der Waals surface area contributed by atoms with Gasteiger partial charge in [-0.1, -0.05) is 27.5 Å². The van der Waals surface area contributed by atoms with E-state index in [-0.39, 0.29) is 0 Å². The molecule has 2 nitrogen and oxygen atoms in total. The average Bonchev–Trinajstić information content (AvgIpc) is 2.34. The Kier molecular flexibility index (Phi) is 3.90. The van der Waals surface area contributed by atoms with Crippen LogP contribution < -0.4 is 4.74 Å². The molecular formula is C14H9BrClNO. The number of nitriles is 1. The zero-order valence-corrected chi connectivity index (χ0v) is 11.9. The highest BCUT2D eigenvalue weighted by Gasteiger charge is 2.06. The first-order valence-corrected chi connectivity index (χ1v) is 6.41. The van der Waals surface area contributed by atoms with Crippen molar-refractivity contribution in [3.63, 3.8) is 0 Å². The van der Waals surface area contributed by atoms with Gasteiger partial charge in [-0.25, -0.2) is 0 Å². The lowest BCUT2D eigenvalue weighted by Gasteiger charge is -2.10. The van der Waals surface area contributed by atoms with Crippen LogP contribution in [0, 0.1) is 18.3 Å². The monoisotopic (exact) mass is 321 g/mol. The molecule has 2 rings (SSSR count). The van der Waals surface area contributed by atoms with Crippen LogP contribution >= 0.6 is 27.5 Å². The van der Waals surface area contributed by atoms with Crippen LogP contribution in [0.1, 0.15) is 11.1 Å². The molecule has 0 saturated carbocycles. The molecule has 0 heterocycles. The predicted molar refractivity (Wildman–Crippen MR) is 75.1 cm³/mol. The zero-order chi connectivity index (χ0) is 13.1. The van der Waals surface area contributed by atoms with E-state index in [0.717, 1.165) is 15.8 Å². The lowest BCUT2D eigenvalue weighted by atomic mass is 10.2. The van der Waals surface area contributed by atoms with Gasteiger partial charge in [-0.05, 0) is 48.9 Å². The van der Waals surface area contributed by atoms with E-state index in [0.29, 0.717) is 16.3 Å². The molecule has 2 aromatic rings. The fraction of sp³-hybridized carbons (Fsp3) is 0.0714. The van der Waals surface area contributed by atoms with E-state index < -0.39 is 0 Å². The molecule has 0 amide bonds. The van der Waals surface area contributed by atoms with Crippen LogP contribution in [0.2, 0.25) is 5.02 Å². The molecule has 2 aromatic carbocycles. The van der Waals surface area contributed by atoms with Gasteiger partial charge in [0, 0.05) is 4.47 Å². The largest absolute Gasteiger partial charge is 0.456 e. The first-order valence-electron chi connectivity index (χ1n) is 5.24. The summed E-state index contributed by atoms with van der Waals surface area (Å²) in [7, 11) is 0. The summed E-state index contributed by atoms with van der Waals surface area (Å²) in [5, 5.41) is 9.19. The van der Waals surface area contributed by atoms with Gasteiger partial charge in [-0.3, -0.25) is 0 Å². The Morgan fingerprint density at radius 3 is 2.50 bits per heavy atom. The number of rotatable bonds is 2. The summed E-state index contributed by atoms with van der Waals surface area (Å²) >= 11 is 9.45. The van der Waals surface area contributed by atoms with Crippen LogP contribution in [0.5, 0.6) is 11.5 Å². The molecular weight excluding hydrogens is 314 g/mol. The third-order valence-electron chi connectivity index (χ3n) is 2.42. The number of hydrogen-bond donors (Lipinski definition) is 0. The van der Waals surface area contributed by atoms with E-state index in [1.807, 2.05) is 31.2 Å². The molecule has 0 fully saturated rings. The molecule has 0 aromatic heterocycles. The van der Waals surface area contributed by atoms with Crippen molar-refractivity contribution in [3.05, 3.63) is 57.0 Å². The number of hydrogen-bond acceptors (Lipinski definition) is 2. The summed E-state index contributed by atoms with van der Waals surface area (Å²) in [4.78, 5) is 0. The minimum atomic E-state index is 0.427. The van der Waals surface area contributed by atoms with E-state index in [1.165, 1.54) is 0 Å². The van der Waals surface area contributed by atoms with Crippen molar-refractivity contribution in [1.29, 1.82) is 5.26 Å². The van der Waals surface area contributed by atoms with Crippen molar-refractivity contribution in [2.24, 2.45) is 0 Å². The normalized spacial score (nSPS) is 9.89. The number of nitrogens with zero attached hydrogens (tertiary/aromatic N) is 1. The summed E-state index contributed by atoms with van der Waals surface area (Å²) in [6.45, 7) is 1.96. The minimum absolute atomic E-state index is 0.427. The van der Waals surface area contributed by atoms with Gasteiger partial charge in [0.05, 0.1) is 16.7 Å². The molecule has 4 heteroatoms. The molecule has 0 saturated heterocycles. The van der Waals surface area contributed by atoms with Crippen molar-refractivity contribution in [3.8, 4) is 17.6 Å². The highest BCUT2D eigenvalue weighted by atomic mass is 79.9. The third kappa shape index (κ3) is 2.84. The van der Waals surface area contributed by atoms with E-state index in [2.05, 4.69) is 15.9 Å². The Morgan fingerprint density at radius 1 is 1.17 bits per heavy atom. The fourth-order valence-electron chi connectivity index (χ4n) is 1.50. The van der Waals surface area contributed by atoms with Gasteiger partial charge in [0.2, 0.25) is 0 Å². The Bertz CT molecular complexity index is 634. The minimum Gasteiger partial charge on any atom is -0.456 e. The molecule has 0 aliphatic rings. The van der Waals surface area contributed by atoms with Crippen LogP contribution in [-0.2, 0) is 0 Å². The molecule has 0 N–H and O–H groups in total. The van der Waals surface area contributed by atoms with Gasteiger partial charge in [-0.15, -0.1) is 0 Å². The Morgan fingerprint density at radius 2 is 1.89 bits per heavy atom. The second kappa shape index (κ2) is 5.43. The lowest BCUT2D eigenvalue weighted by molar-refractivity contribution is 0.479. The first kappa shape index (κ1) is 12.9. The highest BCUT2D eigenvalue weighted by Crippen LogP contribution is 2.32. The maximum absolute atomic E-state index is 8.76. The van der Waals surface area contributed by atoms with E-state index in [9.17, 15) is 0 Å². The molecule has 0 atom stereocenters. The smallest absolute Gasteiger partial charge is 0.146 e. The maximum Gasteiger partial charge on any atom is 0.146 e. The van der Waals surface area contributed by atoms with Crippen LogP contribution in [-0.4, -0.2) is 0 Å². The SMILES string of the molecule is Cc1cc(Br)ccc1Oc1ccc(C#N)cc1Cl. The summed E-state index contributed by atoms with van der Waals surface area (Å²) in [5.74, 6) is 1.28. The molecule has 90 valence electrons. The van der Waals surface area contributed by atoms with Gasteiger partial charge in [0.15, 0.2) is 0 Å². The highest BCUT2D eigenvalue weighted by molar-refractivity contribution is 9.10. The molecule has 0 spiro atoms. The third-order valence-corrected chi connectivity index (χ3v) is 3.21. The van der Waals surface area contributed by atoms with Crippen molar-refractivity contribution in [2.45, 2.75) is 6.92 Å². The zero-order valence-electron chi connectivity index (χ0n) is 9.58. The Balaban J connectivity index is 2.32. The van der Waals surface area contributed by atoms with E-state index in [1.54, 1.807) is 18.2 Å². The molecule has 0 aliphatic heterocycles. The molecule has 18 heavy (non-hydrogen) atoms. The number of benzene rings is 2. The van der Waals surface area contributed by atoms with Crippen molar-refractivity contribution < 1.29 is 4.74 Å². The Hall–Kier alpha value is -1.50. The molecule has 0 unspecified atom stereocenters. The van der Waals surface area contributed by atoms with Gasteiger partial charge >= 0.3 is 0 Å². The van der Waals surface area contributed by atoms with Gasteiger partial charge in [-0.2, -0.15) is 5.26 Å². The second-order valence-electron chi connectivity index (χ2n) is 3.77. The standard InChI is InChI=1S/C14H9BrClNO/c1-9-6-11(15)3-5-13(9)18-14-4-2-10(8-17)7-12(14)16/h2-7H,1H3. The van der Waals surface area contributed by atoms with Crippen LogP contribution in [0.4, 0.5) is 0 Å². The first-order chi connectivity index (χ1) is 8.60. The topological polar surface area (TPSA) is 33.0 Å². The second-order valence-corrected chi connectivity index (χ2v) is 5.09. The molecule has 0 aliphatic carbocycles. The van der Waals surface area contributed by atoms with Gasteiger partial charge in [0.25, 0.3) is 0 Å². The van der Waals surface area contributed by atoms with Gasteiger partial charge < -0.3 is 4.74 Å². The number of aryl methyl sites for hydroxylation is 1. The van der Waals surface area contributed by atoms with E-state index in [4.69, 9.17) is 21.6 Å². The average molecular weight is 323 g/mol. The van der Waals surface area contributed by atoms with Crippen molar-refractivity contribution in [2.75, 3.05) is 0 Å². The summed E-state index contributed by atoms with van der Waals surface area (Å²) in [6, 6.07) is 12.7. The van der Waals surface area contributed by atoms with Crippen LogP contribution in [0.3, 0.4) is 0 Å². The molecule has 0 radical (unpaired) electrons. The number of halogens is 2. The number of ether oxygens (including phenoxy) is 1. The van der Waals surface area contributed by atoms with Crippen LogP contribution in [0.25, 0.3) is 0 Å². The lowest BCUT2D eigenvalue weighted by Crippen LogP contribution is -1.89. The van der Waals surface area contributed by atoms with Crippen molar-refractivity contribution >= 4 is 27.5 Å². The Labute approximate surface area is 119 Å². The fourth-order valence-corrected chi connectivity index (χ4v) is 2.19. The summed E-state index contributed by atoms with van der Waals surface area (Å²) in [6.07, 6.45) is 0. The predicted octanol–water partition coefficient (Wildman–Crippen LogP) is 5.07. The molecule has 0 bridgehead atoms. The quantitative estimate of drug-likeness (QED) is 0.773. The van der Waals surface area contributed by atoms with Crippen molar-refractivity contribution in [1.82, 2.24) is 0 Å². The van der Waals surface area contributed by atoms with E-state index >= 15 is 0 Å². The maximum atomic E-state index is 8.76. The summed E-state index contributed by atoms with van der Waals surface area (Å²) in [5.41, 5.74) is 1.52. The van der Waals surface area contributed by atoms with Gasteiger partial charge in [0.1, 0.15) is 11.5 Å². The summed E-state index contributed by atoms with van der Waals surface area (Å²) < 4.78 is 6.73. The van der Waals surface area contributed by atoms with Crippen LogP contribution in [0.15, 0.2) is 40.9 Å².